The Hall–Kier alpha value is -2.07. The summed E-state index contributed by atoms with van der Waals surface area (Å²) in [6.45, 7) is 8.08. The summed E-state index contributed by atoms with van der Waals surface area (Å²) in [6, 6.07) is 0. The zero-order chi connectivity index (χ0) is 22.8. The van der Waals surface area contributed by atoms with Gasteiger partial charge in [-0.1, -0.05) is 20.1 Å². The van der Waals surface area contributed by atoms with Gasteiger partial charge in [-0.05, 0) is 19.3 Å². The average Bonchev–Trinajstić information content (AvgIpc) is 2.72. The molecule has 2 rings (SSSR count). The van der Waals surface area contributed by atoms with Crippen LogP contribution in [-0.4, -0.2) is 76.8 Å². The molecule has 0 unspecified atom stereocenters. The first-order chi connectivity index (χ1) is 14.0. The number of hydrogen-bond donors (Lipinski definition) is 4. The lowest BCUT2D eigenvalue weighted by molar-refractivity contribution is -0.198. The molecule has 0 aromatic rings. The van der Waals surface area contributed by atoms with E-state index in [2.05, 4.69) is 13.2 Å². The Morgan fingerprint density at radius 1 is 1.23 bits per heavy atom. The van der Waals surface area contributed by atoms with E-state index in [1.165, 1.54) is 0 Å². The number of ether oxygens (including phenoxy) is 2. The van der Waals surface area contributed by atoms with Gasteiger partial charge < -0.3 is 34.7 Å². The molecule has 8 atom stereocenters. The summed E-state index contributed by atoms with van der Waals surface area (Å²) in [7, 11) is 1.14. The van der Waals surface area contributed by atoms with Gasteiger partial charge in [0.25, 0.3) is 0 Å². The van der Waals surface area contributed by atoms with E-state index < -0.39 is 71.7 Å². The molecular weight excluding hydrogens is 396 g/mol. The summed E-state index contributed by atoms with van der Waals surface area (Å²) in [6.07, 6.45) is -3.34. The molecule has 0 spiro atoms. The van der Waals surface area contributed by atoms with Gasteiger partial charge >= 0.3 is 11.9 Å². The van der Waals surface area contributed by atoms with Crippen LogP contribution in [0.2, 0.25) is 0 Å². The molecule has 0 aromatic carbocycles. The van der Waals surface area contributed by atoms with Crippen molar-refractivity contribution < 1.29 is 44.3 Å². The van der Waals surface area contributed by atoms with Crippen molar-refractivity contribution in [2.45, 2.75) is 50.6 Å². The standard InChI is InChI=1S/C21H30O9/c1-10(13(24)9-23)20(28)30-14-7-21(3)15(25)6-5-12(8-22)17(21)18(26)16(14)11(2)19(27)29-4/h8,12-18,23-26H,1-2,5-7,9H2,3-4H3/t12-,13+,14-,15-,16-,17-,18-,21-/m1/s1. The molecule has 0 amide bonds. The molecule has 0 saturated heterocycles. The highest BCUT2D eigenvalue weighted by Crippen LogP contribution is 2.55. The van der Waals surface area contributed by atoms with Crippen molar-refractivity contribution in [3.8, 4) is 0 Å². The first-order valence-corrected chi connectivity index (χ1v) is 9.80. The fourth-order valence-corrected chi connectivity index (χ4v) is 4.91. The van der Waals surface area contributed by atoms with Gasteiger partial charge in [-0.3, -0.25) is 0 Å². The Labute approximate surface area is 175 Å². The molecule has 2 saturated carbocycles. The van der Waals surface area contributed by atoms with E-state index in [-0.39, 0.29) is 12.0 Å². The van der Waals surface area contributed by atoms with Crippen molar-refractivity contribution in [3.63, 3.8) is 0 Å². The van der Waals surface area contributed by atoms with Gasteiger partial charge in [-0.25, -0.2) is 9.59 Å². The lowest BCUT2D eigenvalue weighted by Gasteiger charge is -2.56. The largest absolute Gasteiger partial charge is 0.466 e. The van der Waals surface area contributed by atoms with Gasteiger partial charge in [0.2, 0.25) is 0 Å². The predicted octanol–water partition coefficient (Wildman–Crippen LogP) is -0.490. The number of aliphatic hydroxyl groups excluding tert-OH is 4. The third-order valence-electron chi connectivity index (χ3n) is 6.66. The fraction of sp³-hybridized carbons (Fsp3) is 0.667. The number of methoxy groups -OCH3 is 1. The summed E-state index contributed by atoms with van der Waals surface area (Å²) in [5.41, 5.74) is -1.50. The molecule has 2 aliphatic carbocycles. The van der Waals surface area contributed by atoms with Crippen LogP contribution in [0.3, 0.4) is 0 Å². The zero-order valence-electron chi connectivity index (χ0n) is 17.2. The van der Waals surface area contributed by atoms with Crippen molar-refractivity contribution in [2.75, 3.05) is 13.7 Å². The lowest BCUT2D eigenvalue weighted by Crippen LogP contribution is -2.62. The molecule has 0 aromatic heterocycles. The Kier molecular flexibility index (Phi) is 7.57. The molecule has 2 aliphatic rings. The maximum absolute atomic E-state index is 12.5. The number of aliphatic hydroxyl groups is 4. The van der Waals surface area contributed by atoms with Crippen molar-refractivity contribution in [3.05, 3.63) is 24.3 Å². The minimum atomic E-state index is -1.53. The molecular formula is C21H30O9. The van der Waals surface area contributed by atoms with Crippen LogP contribution in [0, 0.1) is 23.2 Å². The topological polar surface area (TPSA) is 151 Å². The van der Waals surface area contributed by atoms with Crippen LogP contribution in [0.4, 0.5) is 0 Å². The molecule has 0 radical (unpaired) electrons. The van der Waals surface area contributed by atoms with Gasteiger partial charge in [0.1, 0.15) is 18.5 Å². The number of rotatable bonds is 7. The van der Waals surface area contributed by atoms with Crippen LogP contribution >= 0.6 is 0 Å². The third-order valence-corrected chi connectivity index (χ3v) is 6.66. The van der Waals surface area contributed by atoms with Gasteiger partial charge in [0.15, 0.2) is 0 Å². The second-order valence-corrected chi connectivity index (χ2v) is 8.33. The van der Waals surface area contributed by atoms with Crippen LogP contribution in [0.5, 0.6) is 0 Å². The second-order valence-electron chi connectivity index (χ2n) is 8.33. The molecule has 4 N–H and O–H groups in total. The highest BCUT2D eigenvalue weighted by Gasteiger charge is 2.60. The average molecular weight is 426 g/mol. The minimum Gasteiger partial charge on any atom is -0.466 e. The van der Waals surface area contributed by atoms with Crippen LogP contribution in [0.25, 0.3) is 0 Å². The van der Waals surface area contributed by atoms with Gasteiger partial charge in [-0.2, -0.15) is 0 Å². The monoisotopic (exact) mass is 426 g/mol. The molecule has 0 heterocycles. The fourth-order valence-electron chi connectivity index (χ4n) is 4.91. The number of esters is 2. The number of fused-ring (bicyclic) bond motifs is 1. The first-order valence-electron chi connectivity index (χ1n) is 9.80. The number of hydrogen-bond acceptors (Lipinski definition) is 9. The van der Waals surface area contributed by atoms with E-state index in [1.54, 1.807) is 6.92 Å². The van der Waals surface area contributed by atoms with Crippen molar-refractivity contribution in [1.82, 2.24) is 0 Å². The van der Waals surface area contributed by atoms with E-state index in [0.29, 0.717) is 12.8 Å². The van der Waals surface area contributed by atoms with E-state index in [0.717, 1.165) is 13.4 Å². The van der Waals surface area contributed by atoms with E-state index in [9.17, 15) is 29.7 Å². The highest BCUT2D eigenvalue weighted by atomic mass is 16.5. The van der Waals surface area contributed by atoms with Crippen LogP contribution in [0.15, 0.2) is 24.3 Å². The number of carbonyl (C=O) groups is 3. The smallest absolute Gasteiger partial charge is 0.336 e. The van der Waals surface area contributed by atoms with Gasteiger partial charge in [-0.15, -0.1) is 0 Å². The molecule has 2 fully saturated rings. The SMILES string of the molecule is C=C(C(=O)OC)[C@H]1[C@@H](O)[C@H]2[C@@H](C=O)CC[C@@H](O)[C@@]2(C)C[C@H]1OC(=O)C(=C)[C@@H](O)CO. The van der Waals surface area contributed by atoms with Crippen LogP contribution in [0.1, 0.15) is 26.2 Å². The van der Waals surface area contributed by atoms with E-state index in [1.807, 2.05) is 0 Å². The predicted molar refractivity (Wildman–Crippen MR) is 104 cm³/mol. The van der Waals surface area contributed by atoms with Gasteiger partial charge in [0, 0.05) is 22.8 Å². The molecule has 0 aliphatic heterocycles. The Morgan fingerprint density at radius 2 is 1.87 bits per heavy atom. The summed E-state index contributed by atoms with van der Waals surface area (Å²) in [5.74, 6) is -4.16. The van der Waals surface area contributed by atoms with E-state index >= 15 is 0 Å². The Morgan fingerprint density at radius 3 is 2.40 bits per heavy atom. The zero-order valence-corrected chi connectivity index (χ0v) is 17.2. The Bertz CT molecular complexity index is 717. The van der Waals surface area contributed by atoms with Crippen LogP contribution in [-0.2, 0) is 23.9 Å². The first kappa shape index (κ1) is 24.2. The summed E-state index contributed by atoms with van der Waals surface area (Å²) in [5, 5.41) is 40.6. The highest BCUT2D eigenvalue weighted by molar-refractivity contribution is 5.90. The maximum Gasteiger partial charge on any atom is 0.336 e. The maximum atomic E-state index is 12.5. The number of aldehydes is 1. The lowest BCUT2D eigenvalue weighted by atomic mass is 9.51. The number of carbonyl (C=O) groups excluding carboxylic acids is 3. The molecule has 168 valence electrons. The molecule has 9 nitrogen and oxygen atoms in total. The van der Waals surface area contributed by atoms with E-state index in [4.69, 9.17) is 14.6 Å². The summed E-state index contributed by atoms with van der Waals surface area (Å²) < 4.78 is 10.2. The Balaban J connectivity index is 2.45. The third kappa shape index (κ3) is 4.20. The molecule has 9 heteroatoms. The van der Waals surface area contributed by atoms with Crippen LogP contribution < -0.4 is 0 Å². The second kappa shape index (κ2) is 9.38. The summed E-state index contributed by atoms with van der Waals surface area (Å²) in [4.78, 5) is 36.3. The normalized spacial score (nSPS) is 36.7. The quantitative estimate of drug-likeness (QED) is 0.240. The minimum absolute atomic E-state index is 0.0369. The van der Waals surface area contributed by atoms with Crippen molar-refractivity contribution in [1.29, 1.82) is 0 Å². The van der Waals surface area contributed by atoms with Crippen molar-refractivity contribution in [2.24, 2.45) is 23.2 Å². The molecule has 30 heavy (non-hydrogen) atoms. The molecule has 0 bridgehead atoms. The van der Waals surface area contributed by atoms with Gasteiger partial charge in [0.05, 0.1) is 37.4 Å². The summed E-state index contributed by atoms with van der Waals surface area (Å²) >= 11 is 0. The van der Waals surface area contributed by atoms with Crippen molar-refractivity contribution >= 4 is 18.2 Å².